The van der Waals surface area contributed by atoms with E-state index in [9.17, 15) is 19.2 Å². The van der Waals surface area contributed by atoms with Crippen LogP contribution in [0.2, 0.25) is 0 Å². The van der Waals surface area contributed by atoms with Crippen LogP contribution < -0.4 is 9.80 Å². The van der Waals surface area contributed by atoms with Crippen molar-refractivity contribution in [1.29, 1.82) is 0 Å². The summed E-state index contributed by atoms with van der Waals surface area (Å²) in [6, 6.07) is 13.8. The van der Waals surface area contributed by atoms with E-state index in [1.807, 2.05) is 0 Å². The van der Waals surface area contributed by atoms with Gasteiger partial charge >= 0.3 is 0 Å². The van der Waals surface area contributed by atoms with Crippen molar-refractivity contribution in [2.24, 2.45) is 0 Å². The van der Waals surface area contributed by atoms with E-state index in [0.717, 1.165) is 26.5 Å². The van der Waals surface area contributed by atoms with Crippen LogP contribution >= 0.6 is 0 Å². The maximum Gasteiger partial charge on any atom is 0.230 e. The molecule has 0 aliphatic rings. The average molecular weight is 430 g/mol. The molecule has 8 heteroatoms. The smallest absolute Gasteiger partial charge is 0.230 e. The third-order valence-electron chi connectivity index (χ3n) is 4.75. The van der Waals surface area contributed by atoms with Crippen LogP contribution in [0.5, 0.6) is 0 Å². The number of carbonyl (C=O) groups is 4. The molecule has 0 N–H and O–H groups in total. The van der Waals surface area contributed by atoms with Crippen molar-refractivity contribution >= 4 is 35.0 Å². The summed E-state index contributed by atoms with van der Waals surface area (Å²) in [6.45, 7) is 5.35. The number of anilines is 2. The van der Waals surface area contributed by atoms with E-state index in [1.165, 1.54) is 27.7 Å². The predicted octanol–water partition coefficient (Wildman–Crippen LogP) is 3.61. The molecule has 8 nitrogen and oxygen atoms in total. The van der Waals surface area contributed by atoms with Gasteiger partial charge in [-0.1, -0.05) is 12.1 Å². The Morgan fingerprint density at radius 2 is 0.875 bits per heavy atom. The molecule has 0 bridgehead atoms. The molecule has 0 aliphatic heterocycles. The molecule has 3 rings (SSSR count). The molecule has 3 aromatic rings. The minimum absolute atomic E-state index is 0.348. The van der Waals surface area contributed by atoms with Crippen LogP contribution in [0.25, 0.3) is 22.5 Å². The minimum atomic E-state index is -0.355. The van der Waals surface area contributed by atoms with Crippen LogP contribution in [0.3, 0.4) is 0 Å². The monoisotopic (exact) mass is 430 g/mol. The van der Waals surface area contributed by atoms with Crippen molar-refractivity contribution < 1.29 is 19.2 Å². The number of imide groups is 2. The molecule has 0 aliphatic carbocycles. The highest BCUT2D eigenvalue weighted by atomic mass is 16.2. The molecule has 1 heterocycles. The van der Waals surface area contributed by atoms with E-state index >= 15 is 0 Å². The molecule has 0 unspecified atom stereocenters. The highest BCUT2D eigenvalue weighted by Gasteiger charge is 2.17. The highest BCUT2D eigenvalue weighted by Crippen LogP contribution is 2.25. The number of amides is 4. The second kappa shape index (κ2) is 9.30. The van der Waals surface area contributed by atoms with Gasteiger partial charge in [0, 0.05) is 51.2 Å². The summed E-state index contributed by atoms with van der Waals surface area (Å²) in [5.41, 5.74) is 3.32. The molecule has 32 heavy (non-hydrogen) atoms. The lowest BCUT2D eigenvalue weighted by Gasteiger charge is -2.17. The summed E-state index contributed by atoms with van der Waals surface area (Å²) in [4.78, 5) is 57.7. The van der Waals surface area contributed by atoms with Crippen molar-refractivity contribution in [2.45, 2.75) is 27.7 Å². The zero-order chi connectivity index (χ0) is 23.4. The zero-order valence-corrected chi connectivity index (χ0v) is 18.2. The van der Waals surface area contributed by atoms with Gasteiger partial charge in [0.15, 0.2) is 5.82 Å². The maximum atomic E-state index is 11.7. The highest BCUT2D eigenvalue weighted by molar-refractivity contribution is 6.13. The lowest BCUT2D eigenvalue weighted by molar-refractivity contribution is -0.125. The largest absolute Gasteiger partial charge is 0.274 e. The molecule has 2 aromatic carbocycles. The van der Waals surface area contributed by atoms with Crippen molar-refractivity contribution in [1.82, 2.24) is 9.97 Å². The lowest BCUT2D eigenvalue weighted by Crippen LogP contribution is -2.32. The first kappa shape index (κ1) is 22.5. The predicted molar refractivity (Wildman–Crippen MR) is 121 cm³/mol. The first-order valence-electron chi connectivity index (χ1n) is 9.84. The fourth-order valence-electron chi connectivity index (χ4n) is 3.36. The van der Waals surface area contributed by atoms with E-state index in [4.69, 9.17) is 0 Å². The number of aromatic nitrogens is 2. The Labute approximate surface area is 185 Å². The Morgan fingerprint density at radius 3 is 1.22 bits per heavy atom. The Balaban J connectivity index is 1.81. The van der Waals surface area contributed by atoms with Crippen LogP contribution in [-0.2, 0) is 19.2 Å². The number of benzene rings is 2. The van der Waals surface area contributed by atoms with E-state index in [1.54, 1.807) is 60.9 Å². The molecule has 0 radical (unpaired) electrons. The average Bonchev–Trinajstić information content (AvgIpc) is 2.74. The van der Waals surface area contributed by atoms with E-state index in [2.05, 4.69) is 9.97 Å². The van der Waals surface area contributed by atoms with Crippen LogP contribution in [0.4, 0.5) is 11.4 Å². The molecule has 0 atom stereocenters. The Hall–Kier alpha value is -4.20. The summed E-state index contributed by atoms with van der Waals surface area (Å²) in [6.07, 6.45) is 3.35. The summed E-state index contributed by atoms with van der Waals surface area (Å²) in [7, 11) is 0. The van der Waals surface area contributed by atoms with Crippen LogP contribution in [-0.4, -0.2) is 33.6 Å². The Kier molecular flexibility index (Phi) is 6.53. The minimum Gasteiger partial charge on any atom is -0.274 e. The second-order valence-electron chi connectivity index (χ2n) is 7.14. The fourth-order valence-corrected chi connectivity index (χ4v) is 3.36. The van der Waals surface area contributed by atoms with Gasteiger partial charge in [0.1, 0.15) is 0 Å². The first-order chi connectivity index (χ1) is 15.2. The van der Waals surface area contributed by atoms with Crippen molar-refractivity contribution in [3.05, 3.63) is 60.9 Å². The van der Waals surface area contributed by atoms with Crippen LogP contribution in [0.1, 0.15) is 27.7 Å². The molecule has 1 aromatic heterocycles. The second-order valence-corrected chi connectivity index (χ2v) is 7.14. The molecule has 0 fully saturated rings. The Bertz CT molecular complexity index is 1050. The molecular formula is C24H22N4O4. The van der Waals surface area contributed by atoms with Crippen molar-refractivity contribution in [3.8, 4) is 22.5 Å². The van der Waals surface area contributed by atoms with Gasteiger partial charge in [0.2, 0.25) is 23.6 Å². The molecule has 0 saturated heterocycles. The zero-order valence-electron chi connectivity index (χ0n) is 18.2. The normalized spacial score (nSPS) is 10.4. The number of rotatable bonds is 4. The summed E-state index contributed by atoms with van der Waals surface area (Å²) in [5.74, 6) is -0.913. The standard InChI is InChI=1S/C24H22N4O4/c1-15(29)27(16(2)30)22-9-5-19(6-10-22)21-13-25-24(26-14-21)20-7-11-23(12-8-20)28(17(3)31)18(4)32/h5-14H,1-4H3. The quantitative estimate of drug-likeness (QED) is 0.627. The summed E-state index contributed by atoms with van der Waals surface area (Å²) < 4.78 is 0. The van der Waals surface area contributed by atoms with Gasteiger partial charge in [-0.15, -0.1) is 0 Å². The van der Waals surface area contributed by atoms with Gasteiger partial charge in [-0.05, 0) is 42.0 Å². The van der Waals surface area contributed by atoms with Gasteiger partial charge in [-0.2, -0.15) is 0 Å². The van der Waals surface area contributed by atoms with E-state index < -0.39 is 0 Å². The van der Waals surface area contributed by atoms with Crippen molar-refractivity contribution in [3.63, 3.8) is 0 Å². The molecular weight excluding hydrogens is 408 g/mol. The van der Waals surface area contributed by atoms with Gasteiger partial charge in [-0.25, -0.2) is 9.97 Å². The molecule has 0 saturated carbocycles. The van der Waals surface area contributed by atoms with Gasteiger partial charge in [0.05, 0.1) is 11.4 Å². The summed E-state index contributed by atoms with van der Waals surface area (Å²) >= 11 is 0. The SMILES string of the molecule is CC(=O)N(C(C)=O)c1ccc(-c2cnc(-c3ccc(N(C(C)=O)C(C)=O)cc3)nc2)cc1. The molecule has 0 spiro atoms. The topological polar surface area (TPSA) is 101 Å². The van der Waals surface area contributed by atoms with Crippen LogP contribution in [0, 0.1) is 0 Å². The third kappa shape index (κ3) is 4.75. The molecule has 4 amide bonds. The van der Waals surface area contributed by atoms with Gasteiger partial charge in [0.25, 0.3) is 0 Å². The lowest BCUT2D eigenvalue weighted by atomic mass is 10.1. The number of hydrogen-bond donors (Lipinski definition) is 0. The fraction of sp³-hybridized carbons (Fsp3) is 0.167. The van der Waals surface area contributed by atoms with Crippen LogP contribution in [0.15, 0.2) is 60.9 Å². The maximum absolute atomic E-state index is 11.7. The van der Waals surface area contributed by atoms with E-state index in [0.29, 0.717) is 17.2 Å². The Morgan fingerprint density at radius 1 is 0.531 bits per heavy atom. The summed E-state index contributed by atoms with van der Waals surface area (Å²) in [5, 5.41) is 0. The number of carbonyl (C=O) groups excluding carboxylic acids is 4. The number of nitrogens with zero attached hydrogens (tertiary/aromatic N) is 4. The third-order valence-corrected chi connectivity index (χ3v) is 4.75. The molecule has 162 valence electrons. The van der Waals surface area contributed by atoms with Gasteiger partial charge < -0.3 is 0 Å². The van der Waals surface area contributed by atoms with Gasteiger partial charge in [-0.3, -0.25) is 29.0 Å². The first-order valence-corrected chi connectivity index (χ1v) is 9.84. The number of hydrogen-bond acceptors (Lipinski definition) is 6. The van der Waals surface area contributed by atoms with E-state index in [-0.39, 0.29) is 23.6 Å². The van der Waals surface area contributed by atoms with Crippen molar-refractivity contribution in [2.75, 3.05) is 9.80 Å².